The van der Waals surface area contributed by atoms with Gasteiger partial charge in [0, 0.05) is 23.2 Å². The Morgan fingerprint density at radius 3 is 2.57 bits per heavy atom. The molecule has 0 saturated heterocycles. The van der Waals surface area contributed by atoms with Crippen LogP contribution in [0.2, 0.25) is 0 Å². The van der Waals surface area contributed by atoms with Crippen LogP contribution >= 0.6 is 0 Å². The molecule has 0 aliphatic carbocycles. The third-order valence-electron chi connectivity index (χ3n) is 3.30. The molecule has 0 fully saturated rings. The lowest BCUT2D eigenvalue weighted by Gasteiger charge is -2.09. The Morgan fingerprint density at radius 1 is 1.19 bits per heavy atom. The van der Waals surface area contributed by atoms with Gasteiger partial charge < -0.3 is 5.11 Å². The van der Waals surface area contributed by atoms with E-state index < -0.39 is 5.97 Å². The molecule has 0 saturated carbocycles. The van der Waals surface area contributed by atoms with Crippen LogP contribution in [0.5, 0.6) is 0 Å². The Labute approximate surface area is 120 Å². The molecule has 0 amide bonds. The largest absolute Gasteiger partial charge is 0.478 e. The van der Waals surface area contributed by atoms with Gasteiger partial charge in [0.15, 0.2) is 0 Å². The Bertz CT molecular complexity index is 913. The highest BCUT2D eigenvalue weighted by Crippen LogP contribution is 2.17. The van der Waals surface area contributed by atoms with E-state index in [1.165, 1.54) is 10.8 Å². The summed E-state index contributed by atoms with van der Waals surface area (Å²) in [5.74, 6) is -0.666. The van der Waals surface area contributed by atoms with Gasteiger partial charge in [-0.1, -0.05) is 18.2 Å². The van der Waals surface area contributed by atoms with Gasteiger partial charge in [-0.25, -0.2) is 9.78 Å². The summed E-state index contributed by atoms with van der Waals surface area (Å²) in [5.41, 5.74) is 0.735. The maximum Gasteiger partial charge on any atom is 0.337 e. The summed E-state index contributed by atoms with van der Waals surface area (Å²) < 4.78 is 1.28. The van der Waals surface area contributed by atoms with E-state index in [1.807, 2.05) is 13.0 Å². The van der Waals surface area contributed by atoms with Gasteiger partial charge in [-0.3, -0.25) is 9.36 Å². The van der Waals surface area contributed by atoms with Gasteiger partial charge >= 0.3 is 5.97 Å². The minimum atomic E-state index is -1.08. The summed E-state index contributed by atoms with van der Waals surface area (Å²) in [4.78, 5) is 28.1. The van der Waals surface area contributed by atoms with Crippen molar-refractivity contribution < 1.29 is 9.90 Å². The SMILES string of the molecule is Cc1ccnc(-n2cc(C(=O)O)c3ccccc3c2=O)c1. The Morgan fingerprint density at radius 2 is 1.90 bits per heavy atom. The molecule has 104 valence electrons. The van der Waals surface area contributed by atoms with Gasteiger partial charge in [0.2, 0.25) is 0 Å². The molecule has 0 unspecified atom stereocenters. The lowest BCUT2D eigenvalue weighted by atomic mass is 10.1. The van der Waals surface area contributed by atoms with E-state index in [1.54, 1.807) is 36.5 Å². The molecule has 3 rings (SSSR count). The quantitative estimate of drug-likeness (QED) is 0.782. The van der Waals surface area contributed by atoms with Crippen molar-refractivity contribution in [2.24, 2.45) is 0 Å². The van der Waals surface area contributed by atoms with Gasteiger partial charge in [-0.15, -0.1) is 0 Å². The molecule has 1 aromatic carbocycles. The average molecular weight is 280 g/mol. The van der Waals surface area contributed by atoms with E-state index in [2.05, 4.69) is 4.98 Å². The zero-order valence-corrected chi connectivity index (χ0v) is 11.3. The summed E-state index contributed by atoms with van der Waals surface area (Å²) >= 11 is 0. The molecule has 1 N–H and O–H groups in total. The van der Waals surface area contributed by atoms with Crippen LogP contribution in [-0.4, -0.2) is 20.6 Å². The zero-order chi connectivity index (χ0) is 15.0. The number of carbonyl (C=O) groups is 1. The van der Waals surface area contributed by atoms with Crippen LogP contribution in [0.1, 0.15) is 15.9 Å². The second kappa shape index (κ2) is 4.86. The van der Waals surface area contributed by atoms with Gasteiger partial charge in [0.25, 0.3) is 5.56 Å². The first kappa shape index (κ1) is 13.1. The first-order valence-electron chi connectivity index (χ1n) is 6.38. The number of carboxylic acid groups (broad SMARTS) is 1. The number of pyridine rings is 2. The number of nitrogens with zero attached hydrogens (tertiary/aromatic N) is 2. The van der Waals surface area contributed by atoms with Gasteiger partial charge in [0.1, 0.15) is 5.82 Å². The first-order chi connectivity index (χ1) is 10.1. The molecule has 5 heteroatoms. The summed E-state index contributed by atoms with van der Waals surface area (Å²) in [6, 6.07) is 10.2. The number of hydrogen-bond acceptors (Lipinski definition) is 3. The minimum Gasteiger partial charge on any atom is -0.478 e. The maximum atomic E-state index is 12.5. The molecule has 0 atom stereocenters. The third kappa shape index (κ3) is 2.18. The predicted molar refractivity (Wildman–Crippen MR) is 79.0 cm³/mol. The third-order valence-corrected chi connectivity index (χ3v) is 3.30. The molecule has 0 aliphatic rings. The number of fused-ring (bicyclic) bond motifs is 1. The average Bonchev–Trinajstić information content (AvgIpc) is 2.47. The van der Waals surface area contributed by atoms with Crippen molar-refractivity contribution in [3.8, 4) is 5.82 Å². The summed E-state index contributed by atoms with van der Waals surface area (Å²) in [6.07, 6.45) is 2.92. The molecule has 0 spiro atoms. The van der Waals surface area contributed by atoms with E-state index in [4.69, 9.17) is 0 Å². The highest BCUT2D eigenvalue weighted by atomic mass is 16.4. The van der Waals surface area contributed by atoms with Crippen LogP contribution < -0.4 is 5.56 Å². The molecule has 2 heterocycles. The smallest absolute Gasteiger partial charge is 0.337 e. The Kier molecular flexibility index (Phi) is 3.02. The van der Waals surface area contributed by atoms with Crippen molar-refractivity contribution in [3.63, 3.8) is 0 Å². The van der Waals surface area contributed by atoms with Crippen LogP contribution in [0.3, 0.4) is 0 Å². The molecule has 21 heavy (non-hydrogen) atoms. The topological polar surface area (TPSA) is 72.2 Å². The monoisotopic (exact) mass is 280 g/mol. The zero-order valence-electron chi connectivity index (χ0n) is 11.3. The second-order valence-corrected chi connectivity index (χ2v) is 4.76. The Hall–Kier alpha value is -2.95. The lowest BCUT2D eigenvalue weighted by Crippen LogP contribution is -2.21. The highest BCUT2D eigenvalue weighted by molar-refractivity contribution is 6.03. The number of carboxylic acids is 1. The van der Waals surface area contributed by atoms with Crippen LogP contribution in [0.15, 0.2) is 53.6 Å². The van der Waals surface area contributed by atoms with E-state index in [0.29, 0.717) is 16.6 Å². The van der Waals surface area contributed by atoms with E-state index in [0.717, 1.165) is 5.56 Å². The minimum absolute atomic E-state index is 0.0773. The standard InChI is InChI=1S/C16H12N2O3/c1-10-6-7-17-14(8-10)18-9-13(16(20)21)11-4-2-3-5-12(11)15(18)19/h2-9H,1H3,(H,20,21). The van der Waals surface area contributed by atoms with Gasteiger partial charge in [-0.2, -0.15) is 0 Å². The fraction of sp³-hybridized carbons (Fsp3) is 0.0625. The lowest BCUT2D eigenvalue weighted by molar-refractivity contribution is 0.0698. The summed E-state index contributed by atoms with van der Waals surface area (Å²) in [5, 5.41) is 10.2. The molecule has 2 aromatic heterocycles. The van der Waals surface area contributed by atoms with Crippen LogP contribution in [0.4, 0.5) is 0 Å². The Balaban J connectivity index is 2.42. The molecule has 3 aromatic rings. The normalized spacial score (nSPS) is 10.7. The number of rotatable bonds is 2. The van der Waals surface area contributed by atoms with Crippen LogP contribution in [-0.2, 0) is 0 Å². The molecule has 5 nitrogen and oxygen atoms in total. The van der Waals surface area contributed by atoms with E-state index >= 15 is 0 Å². The van der Waals surface area contributed by atoms with Gasteiger partial charge in [0.05, 0.1) is 5.56 Å². The summed E-state index contributed by atoms with van der Waals surface area (Å²) in [7, 11) is 0. The van der Waals surface area contributed by atoms with Crippen LogP contribution in [0, 0.1) is 6.92 Å². The van der Waals surface area contributed by atoms with Gasteiger partial charge in [-0.05, 0) is 30.7 Å². The number of benzene rings is 1. The van der Waals surface area contributed by atoms with Crippen LogP contribution in [0.25, 0.3) is 16.6 Å². The molecule has 0 radical (unpaired) electrons. The predicted octanol–water partition coefficient (Wildman–Crippen LogP) is 2.39. The number of aryl methyl sites for hydroxylation is 1. The molecular formula is C16H12N2O3. The number of aromatic nitrogens is 2. The van der Waals surface area contributed by atoms with Crippen molar-refractivity contribution in [1.29, 1.82) is 0 Å². The number of hydrogen-bond donors (Lipinski definition) is 1. The van der Waals surface area contributed by atoms with Crippen molar-refractivity contribution in [1.82, 2.24) is 9.55 Å². The van der Waals surface area contributed by atoms with Crippen molar-refractivity contribution in [2.75, 3.05) is 0 Å². The summed E-state index contributed by atoms with van der Waals surface area (Å²) in [6.45, 7) is 1.88. The second-order valence-electron chi connectivity index (χ2n) is 4.76. The van der Waals surface area contributed by atoms with Crippen molar-refractivity contribution in [2.45, 2.75) is 6.92 Å². The van der Waals surface area contributed by atoms with Crippen molar-refractivity contribution >= 4 is 16.7 Å². The fourth-order valence-corrected chi connectivity index (χ4v) is 2.28. The fourth-order valence-electron chi connectivity index (χ4n) is 2.28. The number of aromatic carboxylic acids is 1. The van der Waals surface area contributed by atoms with E-state index in [9.17, 15) is 14.7 Å². The van der Waals surface area contributed by atoms with Crippen molar-refractivity contribution in [3.05, 3.63) is 70.3 Å². The van der Waals surface area contributed by atoms with E-state index in [-0.39, 0.29) is 11.1 Å². The highest BCUT2D eigenvalue weighted by Gasteiger charge is 2.14. The molecule has 0 aliphatic heterocycles. The molecule has 0 bridgehead atoms. The molecular weight excluding hydrogens is 268 g/mol. The first-order valence-corrected chi connectivity index (χ1v) is 6.38. The maximum absolute atomic E-state index is 12.5.